The highest BCUT2D eigenvalue weighted by Crippen LogP contribution is 2.32. The Balaban J connectivity index is 1.68. The van der Waals surface area contributed by atoms with Gasteiger partial charge in [0.1, 0.15) is 0 Å². The molecule has 0 aliphatic carbocycles. The molecule has 1 heterocycles. The largest absolute Gasteiger partial charge is 0.309 e. The number of rotatable bonds is 3. The van der Waals surface area contributed by atoms with Crippen LogP contribution in [0.1, 0.15) is 11.1 Å². The van der Waals surface area contributed by atoms with Crippen LogP contribution in [-0.2, 0) is 6.42 Å². The number of aromatic nitrogens is 1. The summed E-state index contributed by atoms with van der Waals surface area (Å²) in [7, 11) is 0. The van der Waals surface area contributed by atoms with Crippen molar-refractivity contribution in [1.82, 2.24) is 4.57 Å². The number of hydrogen-bond donors (Lipinski definition) is 0. The maximum absolute atomic E-state index is 13.6. The normalized spacial score (nSPS) is 11.4. The van der Waals surface area contributed by atoms with E-state index in [-0.39, 0.29) is 0 Å². The van der Waals surface area contributed by atoms with Crippen LogP contribution in [-0.4, -0.2) is 4.57 Å². The van der Waals surface area contributed by atoms with Crippen LogP contribution in [0.25, 0.3) is 27.5 Å². The summed E-state index contributed by atoms with van der Waals surface area (Å²) in [5.41, 5.74) is 5.21. The van der Waals surface area contributed by atoms with E-state index < -0.39 is 11.6 Å². The Morgan fingerprint density at radius 1 is 0.571 bits per heavy atom. The molecule has 0 aliphatic heterocycles. The summed E-state index contributed by atoms with van der Waals surface area (Å²) in [6.45, 7) is 0. The van der Waals surface area contributed by atoms with Crippen LogP contribution in [0.2, 0.25) is 0 Å². The second kappa shape index (κ2) is 6.61. The van der Waals surface area contributed by atoms with E-state index in [1.165, 1.54) is 17.5 Å². The standard InChI is InChI=1S/C25H17F2N/c26-22-12-10-18(16-23(22)27)14-17-11-13-25-21(15-17)20-8-4-5-9-24(20)28(25)19-6-2-1-3-7-19/h1-13,15-16H,14H2. The third-order valence-corrected chi connectivity index (χ3v) is 5.14. The summed E-state index contributed by atoms with van der Waals surface area (Å²) < 4.78 is 29.0. The first-order chi connectivity index (χ1) is 13.7. The van der Waals surface area contributed by atoms with Crippen molar-refractivity contribution in [3.63, 3.8) is 0 Å². The molecular formula is C25H17F2N. The molecule has 0 N–H and O–H groups in total. The third kappa shape index (κ3) is 2.76. The van der Waals surface area contributed by atoms with Crippen LogP contribution in [0.4, 0.5) is 8.78 Å². The lowest BCUT2D eigenvalue weighted by atomic mass is 10.0. The van der Waals surface area contributed by atoms with Crippen molar-refractivity contribution in [2.45, 2.75) is 6.42 Å². The quantitative estimate of drug-likeness (QED) is 0.335. The van der Waals surface area contributed by atoms with Crippen molar-refractivity contribution < 1.29 is 8.78 Å². The molecule has 1 nitrogen and oxygen atoms in total. The number of fused-ring (bicyclic) bond motifs is 3. The van der Waals surface area contributed by atoms with Gasteiger partial charge in [0.25, 0.3) is 0 Å². The summed E-state index contributed by atoms with van der Waals surface area (Å²) in [5, 5.41) is 2.33. The van der Waals surface area contributed by atoms with Crippen LogP contribution < -0.4 is 0 Å². The van der Waals surface area contributed by atoms with E-state index in [1.54, 1.807) is 6.07 Å². The minimum Gasteiger partial charge on any atom is -0.309 e. The molecule has 0 aliphatic rings. The Hall–Kier alpha value is -3.46. The van der Waals surface area contributed by atoms with E-state index in [2.05, 4.69) is 47.0 Å². The number of benzene rings is 4. The van der Waals surface area contributed by atoms with Gasteiger partial charge in [-0.3, -0.25) is 0 Å². The first-order valence-corrected chi connectivity index (χ1v) is 9.22. The van der Waals surface area contributed by atoms with Gasteiger partial charge < -0.3 is 4.57 Å². The van der Waals surface area contributed by atoms with Crippen molar-refractivity contribution in [1.29, 1.82) is 0 Å². The maximum atomic E-state index is 13.6. The van der Waals surface area contributed by atoms with E-state index in [1.807, 2.05) is 30.3 Å². The lowest BCUT2D eigenvalue weighted by Crippen LogP contribution is -1.94. The summed E-state index contributed by atoms with van der Waals surface area (Å²) in [5.74, 6) is -1.62. The molecule has 0 atom stereocenters. The Kier molecular flexibility index (Phi) is 3.94. The molecule has 28 heavy (non-hydrogen) atoms. The third-order valence-electron chi connectivity index (χ3n) is 5.14. The molecule has 4 aromatic carbocycles. The zero-order valence-corrected chi connectivity index (χ0v) is 15.1. The Bertz CT molecular complexity index is 1300. The van der Waals surface area contributed by atoms with Gasteiger partial charge in [0.2, 0.25) is 0 Å². The molecule has 136 valence electrons. The number of halogens is 2. The van der Waals surface area contributed by atoms with Gasteiger partial charge in [0.05, 0.1) is 11.0 Å². The molecule has 5 rings (SSSR count). The van der Waals surface area contributed by atoms with Crippen LogP contribution in [0.15, 0.2) is 91.0 Å². The van der Waals surface area contributed by atoms with Crippen molar-refractivity contribution >= 4 is 21.8 Å². The Labute approximate surface area is 161 Å². The molecule has 0 saturated heterocycles. The number of hydrogen-bond acceptors (Lipinski definition) is 0. The van der Waals surface area contributed by atoms with Gasteiger partial charge in [-0.1, -0.05) is 48.5 Å². The van der Waals surface area contributed by atoms with Gasteiger partial charge >= 0.3 is 0 Å². The summed E-state index contributed by atoms with van der Waals surface area (Å²) in [6, 6.07) is 29.0. The maximum Gasteiger partial charge on any atom is 0.159 e. The van der Waals surface area contributed by atoms with Gasteiger partial charge in [-0.2, -0.15) is 0 Å². The monoisotopic (exact) mass is 369 g/mol. The lowest BCUT2D eigenvalue weighted by Gasteiger charge is -2.08. The molecular weight excluding hydrogens is 352 g/mol. The summed E-state index contributed by atoms with van der Waals surface area (Å²) in [4.78, 5) is 0. The van der Waals surface area contributed by atoms with E-state index >= 15 is 0 Å². The SMILES string of the molecule is Fc1ccc(Cc2ccc3c(c2)c2ccccc2n3-c2ccccc2)cc1F. The fraction of sp³-hybridized carbons (Fsp3) is 0.0400. The number of nitrogens with zero attached hydrogens (tertiary/aromatic N) is 1. The van der Waals surface area contributed by atoms with Crippen LogP contribution in [0.5, 0.6) is 0 Å². The highest BCUT2D eigenvalue weighted by atomic mass is 19.2. The molecule has 5 aromatic rings. The molecule has 0 unspecified atom stereocenters. The Morgan fingerprint density at radius 2 is 1.25 bits per heavy atom. The van der Waals surface area contributed by atoms with Gasteiger partial charge in [-0.15, -0.1) is 0 Å². The van der Waals surface area contributed by atoms with Gasteiger partial charge in [0, 0.05) is 16.5 Å². The minimum absolute atomic E-state index is 0.554. The van der Waals surface area contributed by atoms with E-state index in [0.29, 0.717) is 6.42 Å². The molecule has 3 heteroatoms. The molecule has 0 fully saturated rings. The zero-order valence-electron chi connectivity index (χ0n) is 15.1. The van der Waals surface area contributed by atoms with E-state index in [0.717, 1.165) is 33.2 Å². The van der Waals surface area contributed by atoms with E-state index in [9.17, 15) is 8.78 Å². The van der Waals surface area contributed by atoms with Crippen LogP contribution in [0, 0.1) is 11.6 Å². The fourth-order valence-corrected chi connectivity index (χ4v) is 3.87. The first-order valence-electron chi connectivity index (χ1n) is 9.22. The van der Waals surface area contributed by atoms with Crippen molar-refractivity contribution in [2.75, 3.05) is 0 Å². The summed E-state index contributed by atoms with van der Waals surface area (Å²) >= 11 is 0. The topological polar surface area (TPSA) is 4.93 Å². The fourth-order valence-electron chi connectivity index (χ4n) is 3.87. The summed E-state index contributed by atoms with van der Waals surface area (Å²) in [6.07, 6.45) is 0.554. The van der Waals surface area contributed by atoms with Crippen molar-refractivity contribution in [2.24, 2.45) is 0 Å². The minimum atomic E-state index is -0.815. The smallest absolute Gasteiger partial charge is 0.159 e. The predicted octanol–water partition coefficient (Wildman–Crippen LogP) is 6.65. The zero-order chi connectivity index (χ0) is 19.1. The first kappa shape index (κ1) is 16.7. The highest BCUT2D eigenvalue weighted by Gasteiger charge is 2.12. The average Bonchev–Trinajstić information content (AvgIpc) is 3.05. The molecule has 0 bridgehead atoms. The van der Waals surface area contributed by atoms with Gasteiger partial charge in [-0.25, -0.2) is 8.78 Å². The van der Waals surface area contributed by atoms with Crippen LogP contribution in [0.3, 0.4) is 0 Å². The van der Waals surface area contributed by atoms with E-state index in [4.69, 9.17) is 0 Å². The molecule has 0 amide bonds. The van der Waals surface area contributed by atoms with Crippen LogP contribution >= 0.6 is 0 Å². The second-order valence-corrected chi connectivity index (χ2v) is 6.96. The van der Waals surface area contributed by atoms with Crippen molar-refractivity contribution in [3.8, 4) is 5.69 Å². The highest BCUT2D eigenvalue weighted by molar-refractivity contribution is 6.09. The van der Waals surface area contributed by atoms with Gasteiger partial charge in [0.15, 0.2) is 11.6 Å². The average molecular weight is 369 g/mol. The van der Waals surface area contributed by atoms with Crippen molar-refractivity contribution in [3.05, 3.63) is 114 Å². The number of para-hydroxylation sites is 2. The molecule has 0 saturated carbocycles. The Morgan fingerprint density at radius 3 is 2.07 bits per heavy atom. The molecule has 0 spiro atoms. The molecule has 1 aromatic heterocycles. The second-order valence-electron chi connectivity index (χ2n) is 6.96. The predicted molar refractivity (Wildman–Crippen MR) is 110 cm³/mol. The molecule has 0 radical (unpaired) electrons. The lowest BCUT2D eigenvalue weighted by molar-refractivity contribution is 0.507. The van der Waals surface area contributed by atoms with Gasteiger partial charge in [-0.05, 0) is 60.0 Å².